The van der Waals surface area contributed by atoms with Crippen LogP contribution in [0.3, 0.4) is 0 Å². The molecule has 0 bridgehead atoms. The number of hydrogen-bond donors (Lipinski definition) is 1. The zero-order chi connectivity index (χ0) is 10.1. The van der Waals surface area contributed by atoms with E-state index < -0.39 is 0 Å². The number of likely N-dealkylation sites (N-methyl/N-ethyl adjacent to an activating group) is 2. The second-order valence-corrected chi connectivity index (χ2v) is 4.95. The molecule has 0 unspecified atom stereocenters. The molecule has 0 aromatic rings. The maximum Gasteiger partial charge on any atom is 0.409 e. The molecule has 0 radical (unpaired) electrons. The Morgan fingerprint density at radius 3 is 2.92 bits per heavy atom. The van der Waals surface area contributed by atoms with E-state index in [1.165, 1.54) is 0 Å². The summed E-state index contributed by atoms with van der Waals surface area (Å²) in [7, 11) is 5.22. The van der Waals surface area contributed by atoms with Crippen molar-refractivity contribution in [2.24, 2.45) is 0 Å². The molecular weight excluding hydrogens is 303 g/mol. The van der Waals surface area contributed by atoms with Crippen LogP contribution in [-0.2, 0) is 4.74 Å². The number of halogens is 1. The van der Waals surface area contributed by atoms with Gasteiger partial charge >= 0.3 is 6.09 Å². The quantitative estimate of drug-likeness (QED) is 0.593. The van der Waals surface area contributed by atoms with Crippen LogP contribution in [0.1, 0.15) is 0 Å². The largest absolute Gasteiger partial charge is 0.449 e. The molecule has 4 nitrogen and oxygen atoms in total. The fraction of sp³-hybridized carbons (Fsp3) is 0.857. The molecule has 0 atom stereocenters. The van der Waals surface area contributed by atoms with E-state index in [4.69, 9.17) is 4.74 Å². The molecule has 0 aliphatic heterocycles. The molecule has 78 valence electrons. The van der Waals surface area contributed by atoms with Gasteiger partial charge in [0.1, 0.15) is 6.61 Å². The van der Waals surface area contributed by atoms with Crippen molar-refractivity contribution >= 4 is 36.2 Å². The van der Waals surface area contributed by atoms with Gasteiger partial charge in [-0.3, -0.25) is 0 Å². The van der Waals surface area contributed by atoms with Crippen molar-refractivity contribution in [3.05, 3.63) is 0 Å². The van der Waals surface area contributed by atoms with Crippen molar-refractivity contribution in [2.45, 2.75) is 0 Å². The van der Waals surface area contributed by atoms with Gasteiger partial charge in [0, 0.05) is 25.9 Å². The molecule has 0 aliphatic carbocycles. The van der Waals surface area contributed by atoms with Crippen LogP contribution in [0.25, 0.3) is 0 Å². The van der Waals surface area contributed by atoms with E-state index in [1.807, 2.05) is 7.05 Å². The van der Waals surface area contributed by atoms with Crippen molar-refractivity contribution in [1.82, 2.24) is 10.2 Å². The molecule has 1 amide bonds. The van der Waals surface area contributed by atoms with Crippen molar-refractivity contribution in [3.63, 3.8) is 0 Å². The SMILES string of the molecule is CNCCN(C)C(=O)OCCSI. The van der Waals surface area contributed by atoms with Crippen molar-refractivity contribution in [1.29, 1.82) is 0 Å². The molecule has 6 heteroatoms. The summed E-state index contributed by atoms with van der Waals surface area (Å²) < 4.78 is 4.97. The summed E-state index contributed by atoms with van der Waals surface area (Å²) in [6.07, 6.45) is -0.249. The lowest BCUT2D eigenvalue weighted by molar-refractivity contribution is 0.117. The average molecular weight is 318 g/mol. The molecule has 0 heterocycles. The zero-order valence-electron chi connectivity index (χ0n) is 7.88. The topological polar surface area (TPSA) is 41.6 Å². The smallest absolute Gasteiger partial charge is 0.409 e. The van der Waals surface area contributed by atoms with Crippen LogP contribution in [0.2, 0.25) is 0 Å². The van der Waals surface area contributed by atoms with Crippen LogP contribution in [0, 0.1) is 0 Å². The molecule has 1 N–H and O–H groups in total. The standard InChI is InChI=1S/C7H15IN2O2S/c1-9-3-4-10(2)7(11)12-5-6-13-8/h9H,3-6H2,1-2H3. The van der Waals surface area contributed by atoms with Crippen LogP contribution < -0.4 is 5.32 Å². The van der Waals surface area contributed by atoms with E-state index in [0.29, 0.717) is 13.2 Å². The summed E-state index contributed by atoms with van der Waals surface area (Å²) in [6, 6.07) is 0. The average Bonchev–Trinajstić information content (AvgIpc) is 2.14. The molecule has 0 saturated heterocycles. The highest BCUT2D eigenvalue weighted by molar-refractivity contribution is 14.2. The number of rotatable bonds is 6. The van der Waals surface area contributed by atoms with Gasteiger partial charge in [-0.25, -0.2) is 4.79 Å². The van der Waals surface area contributed by atoms with Crippen molar-refractivity contribution in [2.75, 3.05) is 39.5 Å². The first-order chi connectivity index (χ1) is 6.22. The van der Waals surface area contributed by atoms with Crippen LogP contribution >= 0.6 is 30.1 Å². The first-order valence-electron chi connectivity index (χ1n) is 3.98. The van der Waals surface area contributed by atoms with E-state index in [9.17, 15) is 4.79 Å². The summed E-state index contributed by atoms with van der Waals surface area (Å²) in [5.74, 6) is 0.839. The monoisotopic (exact) mass is 318 g/mol. The zero-order valence-corrected chi connectivity index (χ0v) is 10.9. The lowest BCUT2D eigenvalue weighted by Crippen LogP contribution is -2.33. The van der Waals surface area contributed by atoms with Gasteiger partial charge in [-0.15, -0.1) is 0 Å². The molecule has 0 saturated carbocycles. The Bertz CT molecular complexity index is 148. The highest BCUT2D eigenvalue weighted by Crippen LogP contribution is 2.09. The third kappa shape index (κ3) is 7.39. The molecule has 0 aromatic carbocycles. The number of carbonyl (C=O) groups is 1. The lowest BCUT2D eigenvalue weighted by Gasteiger charge is -2.16. The Kier molecular flexibility index (Phi) is 9.10. The summed E-state index contributed by atoms with van der Waals surface area (Å²) >= 11 is 2.18. The predicted octanol–water partition coefficient (Wildman–Crippen LogP) is 1.36. The number of carbonyl (C=O) groups excluding carboxylic acids is 1. The van der Waals surface area contributed by atoms with Gasteiger partial charge < -0.3 is 15.0 Å². The van der Waals surface area contributed by atoms with Crippen LogP contribution in [0.5, 0.6) is 0 Å². The minimum atomic E-state index is -0.249. The maximum absolute atomic E-state index is 11.2. The first kappa shape index (κ1) is 13.3. The van der Waals surface area contributed by atoms with Gasteiger partial charge in [0.05, 0.1) is 0 Å². The minimum Gasteiger partial charge on any atom is -0.449 e. The van der Waals surface area contributed by atoms with Crippen LogP contribution in [-0.4, -0.2) is 50.5 Å². The van der Waals surface area contributed by atoms with E-state index in [1.54, 1.807) is 20.9 Å². The van der Waals surface area contributed by atoms with Crippen molar-refractivity contribution < 1.29 is 9.53 Å². The fourth-order valence-corrected chi connectivity index (χ4v) is 1.33. The van der Waals surface area contributed by atoms with Gasteiger partial charge in [0.15, 0.2) is 0 Å². The summed E-state index contributed by atoms with van der Waals surface area (Å²) in [4.78, 5) is 12.8. The van der Waals surface area contributed by atoms with E-state index in [-0.39, 0.29) is 6.09 Å². The molecule has 0 fully saturated rings. The van der Waals surface area contributed by atoms with E-state index in [2.05, 4.69) is 26.5 Å². The normalized spacial score (nSPS) is 9.77. The molecule has 0 aromatic heterocycles. The summed E-state index contributed by atoms with van der Waals surface area (Å²) in [5.41, 5.74) is 0. The Morgan fingerprint density at radius 2 is 2.38 bits per heavy atom. The molecular formula is C7H15IN2O2S. The number of hydrogen-bond acceptors (Lipinski definition) is 4. The molecule has 0 spiro atoms. The highest BCUT2D eigenvalue weighted by Gasteiger charge is 2.07. The second-order valence-electron chi connectivity index (χ2n) is 2.45. The van der Waals surface area contributed by atoms with Gasteiger partial charge in [-0.1, -0.05) is 8.93 Å². The minimum absolute atomic E-state index is 0.249. The van der Waals surface area contributed by atoms with Gasteiger partial charge in [-0.2, -0.15) is 0 Å². The number of nitrogens with zero attached hydrogens (tertiary/aromatic N) is 1. The number of amides is 1. The first-order valence-corrected chi connectivity index (χ1v) is 7.51. The van der Waals surface area contributed by atoms with Gasteiger partial charge in [0.2, 0.25) is 0 Å². The fourth-order valence-electron chi connectivity index (χ4n) is 0.641. The predicted molar refractivity (Wildman–Crippen MR) is 64.4 cm³/mol. The number of nitrogens with one attached hydrogen (secondary N) is 1. The summed E-state index contributed by atoms with van der Waals surface area (Å²) in [6.45, 7) is 1.94. The van der Waals surface area contributed by atoms with Gasteiger partial charge in [-0.05, 0) is 28.3 Å². The Morgan fingerprint density at radius 1 is 1.69 bits per heavy atom. The third-order valence-electron chi connectivity index (χ3n) is 1.39. The summed E-state index contributed by atoms with van der Waals surface area (Å²) in [5, 5.41) is 2.97. The van der Waals surface area contributed by atoms with Gasteiger partial charge in [0.25, 0.3) is 0 Å². The lowest BCUT2D eigenvalue weighted by atomic mass is 10.6. The Labute approximate surface area is 95.3 Å². The van der Waals surface area contributed by atoms with Crippen LogP contribution in [0.15, 0.2) is 0 Å². The highest BCUT2D eigenvalue weighted by atomic mass is 127. The van der Waals surface area contributed by atoms with Crippen molar-refractivity contribution in [3.8, 4) is 0 Å². The second kappa shape index (κ2) is 8.89. The Hall–Kier alpha value is 0.310. The van der Waals surface area contributed by atoms with Crippen LogP contribution in [0.4, 0.5) is 4.79 Å². The number of ether oxygens (including phenoxy) is 1. The molecule has 0 rings (SSSR count). The molecule has 0 aliphatic rings. The maximum atomic E-state index is 11.2. The third-order valence-corrected chi connectivity index (χ3v) is 3.04. The molecule has 13 heavy (non-hydrogen) atoms. The Balaban J connectivity index is 3.45. The van der Waals surface area contributed by atoms with E-state index in [0.717, 1.165) is 12.3 Å². The van der Waals surface area contributed by atoms with E-state index >= 15 is 0 Å².